The third kappa shape index (κ3) is 4.81. The van der Waals surface area contributed by atoms with Gasteiger partial charge >= 0.3 is 0 Å². The first kappa shape index (κ1) is 17.9. The van der Waals surface area contributed by atoms with Crippen molar-refractivity contribution in [1.29, 1.82) is 0 Å². The molecule has 0 fully saturated rings. The number of aromatic nitrogens is 2. The van der Waals surface area contributed by atoms with E-state index in [1.54, 1.807) is 0 Å². The van der Waals surface area contributed by atoms with E-state index in [0.717, 1.165) is 26.7 Å². The first-order chi connectivity index (χ1) is 12.0. The normalized spacial score (nSPS) is 10.7. The van der Waals surface area contributed by atoms with Crippen LogP contribution in [0.5, 0.6) is 0 Å². The van der Waals surface area contributed by atoms with E-state index in [2.05, 4.69) is 20.7 Å². The van der Waals surface area contributed by atoms with Crippen LogP contribution in [0.1, 0.15) is 11.1 Å². The third-order valence-corrected chi connectivity index (χ3v) is 5.52. The molecular formula is C18H16ClN3OS2. The minimum atomic E-state index is -0.0653. The second-order valence-corrected chi connectivity index (χ2v) is 7.96. The zero-order valence-electron chi connectivity index (χ0n) is 13.7. The summed E-state index contributed by atoms with van der Waals surface area (Å²) < 4.78 is 5.07. The van der Waals surface area contributed by atoms with Gasteiger partial charge in [0.05, 0.1) is 10.8 Å². The minimum Gasteiger partial charge on any atom is -0.325 e. The number of amides is 1. The predicted molar refractivity (Wildman–Crippen MR) is 106 cm³/mol. The third-order valence-electron chi connectivity index (χ3n) is 3.35. The van der Waals surface area contributed by atoms with Crippen molar-refractivity contribution in [3.05, 3.63) is 58.6 Å². The van der Waals surface area contributed by atoms with Crippen LogP contribution in [-0.2, 0) is 4.79 Å². The fraction of sp³-hybridized carbons (Fsp3) is 0.167. The molecule has 0 atom stereocenters. The molecule has 0 saturated carbocycles. The number of hydrogen-bond donors (Lipinski definition) is 1. The van der Waals surface area contributed by atoms with Crippen molar-refractivity contribution in [3.8, 4) is 11.4 Å². The molecule has 1 N–H and O–H groups in total. The Morgan fingerprint density at radius 2 is 1.92 bits per heavy atom. The molecule has 1 heterocycles. The van der Waals surface area contributed by atoms with Gasteiger partial charge in [0.25, 0.3) is 0 Å². The number of benzene rings is 2. The smallest absolute Gasteiger partial charge is 0.234 e. The van der Waals surface area contributed by atoms with Gasteiger partial charge < -0.3 is 5.32 Å². The minimum absolute atomic E-state index is 0.0653. The van der Waals surface area contributed by atoms with Crippen molar-refractivity contribution < 1.29 is 4.79 Å². The summed E-state index contributed by atoms with van der Waals surface area (Å²) in [5.74, 6) is 0.807. The largest absolute Gasteiger partial charge is 0.325 e. The van der Waals surface area contributed by atoms with Gasteiger partial charge in [0.15, 0.2) is 10.2 Å². The van der Waals surface area contributed by atoms with Crippen molar-refractivity contribution >= 4 is 46.5 Å². The lowest BCUT2D eigenvalue weighted by atomic mass is 10.1. The molecule has 2 aromatic carbocycles. The Morgan fingerprint density at radius 3 is 2.64 bits per heavy atom. The second-order valence-electron chi connectivity index (χ2n) is 5.58. The van der Waals surface area contributed by atoms with Gasteiger partial charge in [-0.3, -0.25) is 4.79 Å². The number of anilines is 1. The number of carbonyl (C=O) groups is 1. The summed E-state index contributed by atoms with van der Waals surface area (Å²) in [4.78, 5) is 16.6. The van der Waals surface area contributed by atoms with E-state index in [4.69, 9.17) is 11.6 Å². The Bertz CT molecular complexity index is 891. The van der Waals surface area contributed by atoms with Gasteiger partial charge in [-0.25, -0.2) is 4.98 Å². The number of hydrogen-bond acceptors (Lipinski definition) is 5. The molecule has 3 aromatic rings. The number of nitrogens with zero attached hydrogens (tertiary/aromatic N) is 2. The lowest BCUT2D eigenvalue weighted by Crippen LogP contribution is -2.14. The van der Waals surface area contributed by atoms with Gasteiger partial charge in [-0.05, 0) is 60.8 Å². The molecule has 0 spiro atoms. The van der Waals surface area contributed by atoms with Crippen molar-refractivity contribution in [1.82, 2.24) is 9.36 Å². The number of carbonyl (C=O) groups excluding carboxylic acids is 1. The van der Waals surface area contributed by atoms with Crippen LogP contribution in [0, 0.1) is 13.8 Å². The van der Waals surface area contributed by atoms with Crippen LogP contribution in [0.2, 0.25) is 5.02 Å². The van der Waals surface area contributed by atoms with E-state index in [-0.39, 0.29) is 11.7 Å². The highest BCUT2D eigenvalue weighted by atomic mass is 35.5. The molecule has 1 aromatic heterocycles. The molecule has 1 amide bonds. The van der Waals surface area contributed by atoms with E-state index in [1.165, 1.54) is 23.3 Å². The Labute approximate surface area is 159 Å². The van der Waals surface area contributed by atoms with Gasteiger partial charge in [0.1, 0.15) is 0 Å². The standard InChI is InChI=1S/C18H16ClN3OS2/c1-11-7-12(2)9-13(8-11)20-16(23)10-24-18-21-17(22-25-18)14-5-3-4-6-15(14)19/h3-9H,10H2,1-2H3,(H,20,23). The first-order valence-corrected chi connectivity index (χ1v) is 9.74. The number of thioether (sulfide) groups is 1. The Balaban J connectivity index is 1.60. The van der Waals surface area contributed by atoms with Crippen molar-refractivity contribution in [2.45, 2.75) is 18.2 Å². The molecular weight excluding hydrogens is 374 g/mol. The van der Waals surface area contributed by atoms with E-state index >= 15 is 0 Å². The van der Waals surface area contributed by atoms with E-state index in [9.17, 15) is 4.79 Å². The molecule has 0 aliphatic heterocycles. The van der Waals surface area contributed by atoms with Crippen LogP contribution in [0.25, 0.3) is 11.4 Å². The molecule has 0 radical (unpaired) electrons. The zero-order valence-corrected chi connectivity index (χ0v) is 16.1. The maximum atomic E-state index is 12.1. The molecule has 4 nitrogen and oxygen atoms in total. The van der Waals surface area contributed by atoms with Crippen LogP contribution in [0.4, 0.5) is 5.69 Å². The average Bonchev–Trinajstić information content (AvgIpc) is 3.01. The van der Waals surface area contributed by atoms with Crippen LogP contribution in [0.3, 0.4) is 0 Å². The Morgan fingerprint density at radius 1 is 1.20 bits per heavy atom. The highest BCUT2D eigenvalue weighted by Crippen LogP contribution is 2.29. The predicted octanol–water partition coefficient (Wildman–Crippen LogP) is 5.21. The van der Waals surface area contributed by atoms with E-state index < -0.39 is 0 Å². The summed E-state index contributed by atoms with van der Waals surface area (Å²) in [6.07, 6.45) is 0. The first-order valence-electron chi connectivity index (χ1n) is 7.61. The lowest BCUT2D eigenvalue weighted by Gasteiger charge is -2.06. The SMILES string of the molecule is Cc1cc(C)cc(NC(=O)CSc2nc(-c3ccccc3Cl)ns2)c1. The van der Waals surface area contributed by atoms with Crippen molar-refractivity contribution in [2.75, 3.05) is 11.1 Å². The molecule has 25 heavy (non-hydrogen) atoms. The van der Waals surface area contributed by atoms with Crippen molar-refractivity contribution in [3.63, 3.8) is 0 Å². The Hall–Kier alpha value is -1.89. The molecule has 128 valence electrons. The summed E-state index contributed by atoms with van der Waals surface area (Å²) in [5.41, 5.74) is 3.86. The average molecular weight is 390 g/mol. The summed E-state index contributed by atoms with van der Waals surface area (Å²) in [6.45, 7) is 4.02. The van der Waals surface area contributed by atoms with Crippen LogP contribution >= 0.6 is 34.9 Å². The quantitative estimate of drug-likeness (QED) is 0.609. The monoisotopic (exact) mass is 389 g/mol. The molecule has 0 bridgehead atoms. The maximum absolute atomic E-state index is 12.1. The highest BCUT2D eigenvalue weighted by molar-refractivity contribution is 8.01. The highest BCUT2D eigenvalue weighted by Gasteiger charge is 2.12. The summed E-state index contributed by atoms with van der Waals surface area (Å²) in [7, 11) is 0. The van der Waals surface area contributed by atoms with Gasteiger partial charge in [-0.2, -0.15) is 4.37 Å². The molecule has 0 saturated heterocycles. The van der Waals surface area contributed by atoms with Crippen molar-refractivity contribution in [2.24, 2.45) is 0 Å². The zero-order chi connectivity index (χ0) is 17.8. The van der Waals surface area contributed by atoms with E-state index in [1.807, 2.05) is 50.2 Å². The lowest BCUT2D eigenvalue weighted by molar-refractivity contribution is -0.113. The number of nitrogens with one attached hydrogen (secondary N) is 1. The van der Waals surface area contributed by atoms with Crippen LogP contribution in [0.15, 0.2) is 46.8 Å². The van der Waals surface area contributed by atoms with E-state index in [0.29, 0.717) is 10.8 Å². The fourth-order valence-corrected chi connectivity index (χ4v) is 4.02. The molecule has 0 aliphatic carbocycles. The fourth-order valence-electron chi connectivity index (χ4n) is 2.39. The van der Waals surface area contributed by atoms with Gasteiger partial charge in [0.2, 0.25) is 5.91 Å². The molecule has 3 rings (SSSR count). The summed E-state index contributed by atoms with van der Waals surface area (Å²) in [5, 5.41) is 3.53. The second kappa shape index (κ2) is 7.99. The number of aryl methyl sites for hydroxylation is 2. The topological polar surface area (TPSA) is 54.9 Å². The van der Waals surface area contributed by atoms with Crippen LogP contribution < -0.4 is 5.32 Å². The Kier molecular flexibility index (Phi) is 5.73. The van der Waals surface area contributed by atoms with Crippen LogP contribution in [-0.4, -0.2) is 21.0 Å². The van der Waals surface area contributed by atoms with Gasteiger partial charge in [-0.1, -0.05) is 41.6 Å². The molecule has 0 aliphatic rings. The van der Waals surface area contributed by atoms with Gasteiger partial charge in [-0.15, -0.1) is 0 Å². The molecule has 0 unspecified atom stereocenters. The maximum Gasteiger partial charge on any atom is 0.234 e. The number of halogens is 1. The summed E-state index contributed by atoms with van der Waals surface area (Å²) in [6, 6.07) is 13.4. The summed E-state index contributed by atoms with van der Waals surface area (Å²) >= 11 is 8.80. The number of rotatable bonds is 5. The van der Waals surface area contributed by atoms with Gasteiger partial charge in [0, 0.05) is 11.3 Å². The molecule has 7 heteroatoms.